The van der Waals surface area contributed by atoms with Gasteiger partial charge in [0.1, 0.15) is 17.3 Å². The highest BCUT2D eigenvalue weighted by molar-refractivity contribution is 7.13. The Morgan fingerprint density at radius 1 is 1.24 bits per heavy atom. The van der Waals surface area contributed by atoms with Crippen LogP contribution in [0, 0.1) is 6.92 Å². The molecule has 1 aliphatic rings. The normalized spacial score (nSPS) is 14.2. The highest BCUT2D eigenvalue weighted by Gasteiger charge is 2.19. The van der Waals surface area contributed by atoms with Crippen molar-refractivity contribution in [3.63, 3.8) is 0 Å². The van der Waals surface area contributed by atoms with Crippen molar-refractivity contribution >= 4 is 17.2 Å². The number of anilines is 1. The van der Waals surface area contributed by atoms with E-state index in [0.29, 0.717) is 0 Å². The summed E-state index contributed by atoms with van der Waals surface area (Å²) < 4.78 is 0. The number of aryl methyl sites for hydroxylation is 1. The first-order chi connectivity index (χ1) is 12.2. The number of rotatable bonds is 4. The molecule has 0 aromatic carbocycles. The molecule has 130 valence electrons. The lowest BCUT2D eigenvalue weighted by atomic mass is 10.1. The van der Waals surface area contributed by atoms with Crippen LogP contribution in [0.15, 0.2) is 23.6 Å². The largest absolute Gasteiger partial charge is 0.353 e. The second kappa shape index (κ2) is 6.93. The number of nitrogens with zero attached hydrogens (tertiary/aromatic N) is 4. The van der Waals surface area contributed by atoms with Gasteiger partial charge >= 0.3 is 0 Å². The van der Waals surface area contributed by atoms with E-state index in [1.54, 1.807) is 11.3 Å². The Balaban J connectivity index is 1.59. The number of nitrogens with one attached hydrogen (secondary N) is 2. The highest BCUT2D eigenvalue weighted by Crippen LogP contribution is 2.26. The maximum atomic E-state index is 4.74. The average molecular weight is 354 g/mol. The molecule has 25 heavy (non-hydrogen) atoms. The van der Waals surface area contributed by atoms with Gasteiger partial charge in [0.25, 0.3) is 0 Å². The zero-order valence-corrected chi connectivity index (χ0v) is 15.4. The highest BCUT2D eigenvalue weighted by atomic mass is 32.1. The van der Waals surface area contributed by atoms with E-state index in [1.165, 1.54) is 16.1 Å². The van der Waals surface area contributed by atoms with E-state index in [0.717, 1.165) is 55.5 Å². The van der Waals surface area contributed by atoms with Crippen LogP contribution in [0.1, 0.15) is 22.8 Å². The fourth-order valence-electron chi connectivity index (χ4n) is 3.28. The molecule has 1 aliphatic heterocycles. The molecule has 4 heterocycles. The molecule has 0 radical (unpaired) electrons. The summed E-state index contributed by atoms with van der Waals surface area (Å²) in [6, 6.07) is 6.26. The molecule has 0 bridgehead atoms. The number of H-pyrrole nitrogens is 1. The molecule has 4 rings (SSSR count). The Morgan fingerprint density at radius 3 is 2.96 bits per heavy atom. The van der Waals surface area contributed by atoms with Gasteiger partial charge in [0.05, 0.1) is 22.8 Å². The molecule has 0 unspecified atom stereocenters. The predicted molar refractivity (Wildman–Crippen MR) is 101 cm³/mol. The summed E-state index contributed by atoms with van der Waals surface area (Å²) >= 11 is 1.70. The number of fused-ring (bicyclic) bond motifs is 1. The van der Waals surface area contributed by atoms with Crippen LogP contribution < -0.4 is 10.2 Å². The van der Waals surface area contributed by atoms with Crippen LogP contribution >= 0.6 is 11.3 Å². The van der Waals surface area contributed by atoms with Gasteiger partial charge in [-0.25, -0.2) is 9.97 Å². The zero-order chi connectivity index (χ0) is 17.2. The summed E-state index contributed by atoms with van der Waals surface area (Å²) in [5.74, 6) is 1.88. The van der Waals surface area contributed by atoms with E-state index < -0.39 is 0 Å². The molecule has 0 aliphatic carbocycles. The van der Waals surface area contributed by atoms with E-state index >= 15 is 0 Å². The van der Waals surface area contributed by atoms with Crippen molar-refractivity contribution in [2.75, 3.05) is 25.0 Å². The van der Waals surface area contributed by atoms with Gasteiger partial charge in [0.2, 0.25) is 0 Å². The second-order valence-corrected chi connectivity index (χ2v) is 7.33. The van der Waals surface area contributed by atoms with Gasteiger partial charge in [-0.1, -0.05) is 6.07 Å². The summed E-state index contributed by atoms with van der Waals surface area (Å²) in [5.41, 5.74) is 4.54. The third kappa shape index (κ3) is 3.43. The minimum atomic E-state index is 0.745. The topological polar surface area (TPSA) is 69.7 Å². The number of aromatic amines is 1. The number of hydrogen-bond acceptors (Lipinski definition) is 6. The van der Waals surface area contributed by atoms with Gasteiger partial charge in [-0.15, -0.1) is 11.3 Å². The lowest BCUT2D eigenvalue weighted by molar-refractivity contribution is 0.708. The van der Waals surface area contributed by atoms with Crippen LogP contribution in [0.25, 0.3) is 10.6 Å². The molecular formula is C18H22N6S. The Morgan fingerprint density at radius 2 is 2.12 bits per heavy atom. The maximum absolute atomic E-state index is 4.74. The van der Waals surface area contributed by atoms with Crippen molar-refractivity contribution in [3.05, 3.63) is 46.4 Å². The van der Waals surface area contributed by atoms with Gasteiger partial charge in [-0.3, -0.25) is 5.10 Å². The average Bonchev–Trinajstić information content (AvgIpc) is 3.22. The molecule has 3 aromatic rings. The molecular weight excluding hydrogens is 332 g/mol. The Bertz CT molecular complexity index is 855. The molecule has 3 aromatic heterocycles. The van der Waals surface area contributed by atoms with Crippen LogP contribution in [-0.4, -0.2) is 40.3 Å². The fraction of sp³-hybridized carbons (Fsp3) is 0.389. The van der Waals surface area contributed by atoms with E-state index in [2.05, 4.69) is 50.0 Å². The molecule has 0 saturated heterocycles. The monoisotopic (exact) mass is 354 g/mol. The smallest absolute Gasteiger partial charge is 0.135 e. The van der Waals surface area contributed by atoms with E-state index in [4.69, 9.17) is 4.98 Å². The van der Waals surface area contributed by atoms with Crippen LogP contribution in [0.5, 0.6) is 0 Å². The maximum Gasteiger partial charge on any atom is 0.135 e. The van der Waals surface area contributed by atoms with Crippen molar-refractivity contribution in [1.82, 2.24) is 25.5 Å². The third-order valence-corrected chi connectivity index (χ3v) is 5.34. The minimum absolute atomic E-state index is 0.745. The molecule has 2 N–H and O–H groups in total. The van der Waals surface area contributed by atoms with Crippen molar-refractivity contribution < 1.29 is 0 Å². The number of aromatic nitrogens is 4. The number of thiophene rings is 1. The standard InChI is InChI=1S/C18H22N6S/c1-12-20-15-6-8-19-7-5-14(15)18(21-12)24(2)11-13-10-16(23-22-13)17-4-3-9-25-17/h3-4,9-10,19H,5-8,11H2,1-2H3,(H,22,23). The molecule has 0 spiro atoms. The first-order valence-corrected chi connectivity index (χ1v) is 9.45. The lowest BCUT2D eigenvalue weighted by Crippen LogP contribution is -2.22. The quantitative estimate of drug-likeness (QED) is 0.754. The summed E-state index contributed by atoms with van der Waals surface area (Å²) in [5, 5.41) is 13.1. The van der Waals surface area contributed by atoms with Gasteiger partial charge in [0.15, 0.2) is 0 Å². The summed E-state index contributed by atoms with van der Waals surface area (Å²) in [6.07, 6.45) is 1.94. The van der Waals surface area contributed by atoms with Gasteiger partial charge < -0.3 is 10.2 Å². The van der Waals surface area contributed by atoms with Gasteiger partial charge in [-0.05, 0) is 37.4 Å². The lowest BCUT2D eigenvalue weighted by Gasteiger charge is -2.22. The SMILES string of the molecule is Cc1nc2c(c(N(C)Cc3cc(-c4cccs4)n[nH]3)n1)CCNCC2. The Labute approximate surface area is 151 Å². The van der Waals surface area contributed by atoms with Crippen molar-refractivity contribution in [2.45, 2.75) is 26.3 Å². The van der Waals surface area contributed by atoms with Crippen LogP contribution in [0.3, 0.4) is 0 Å². The summed E-state index contributed by atoms with van der Waals surface area (Å²) in [6.45, 7) is 4.68. The first-order valence-electron chi connectivity index (χ1n) is 8.57. The minimum Gasteiger partial charge on any atom is -0.353 e. The van der Waals surface area contributed by atoms with Gasteiger partial charge in [0, 0.05) is 25.6 Å². The van der Waals surface area contributed by atoms with Gasteiger partial charge in [-0.2, -0.15) is 5.10 Å². The van der Waals surface area contributed by atoms with Crippen molar-refractivity contribution in [3.8, 4) is 10.6 Å². The fourth-order valence-corrected chi connectivity index (χ4v) is 3.97. The van der Waals surface area contributed by atoms with Crippen LogP contribution in [0.4, 0.5) is 5.82 Å². The first kappa shape index (κ1) is 16.2. The molecule has 0 fully saturated rings. The Hall–Kier alpha value is -2.25. The van der Waals surface area contributed by atoms with E-state index in [1.807, 2.05) is 13.0 Å². The van der Waals surface area contributed by atoms with Crippen LogP contribution in [-0.2, 0) is 19.4 Å². The van der Waals surface area contributed by atoms with E-state index in [-0.39, 0.29) is 0 Å². The summed E-state index contributed by atoms with van der Waals surface area (Å²) in [7, 11) is 2.09. The molecule has 7 heteroatoms. The zero-order valence-electron chi connectivity index (χ0n) is 14.5. The van der Waals surface area contributed by atoms with Crippen molar-refractivity contribution in [2.24, 2.45) is 0 Å². The molecule has 0 amide bonds. The second-order valence-electron chi connectivity index (χ2n) is 6.38. The molecule has 6 nitrogen and oxygen atoms in total. The summed E-state index contributed by atoms with van der Waals surface area (Å²) in [4.78, 5) is 12.8. The third-order valence-electron chi connectivity index (χ3n) is 4.45. The predicted octanol–water partition coefficient (Wildman–Crippen LogP) is 2.56. The number of hydrogen-bond donors (Lipinski definition) is 2. The van der Waals surface area contributed by atoms with E-state index in [9.17, 15) is 0 Å². The molecule has 0 saturated carbocycles. The van der Waals surface area contributed by atoms with Crippen LogP contribution in [0.2, 0.25) is 0 Å². The van der Waals surface area contributed by atoms with Crippen molar-refractivity contribution in [1.29, 1.82) is 0 Å². The molecule has 0 atom stereocenters. The Kier molecular flexibility index (Phi) is 4.50.